The number of aliphatic hydroxyl groups is 1. The van der Waals surface area contributed by atoms with Crippen molar-refractivity contribution >= 4 is 11.6 Å². The zero-order chi connectivity index (χ0) is 11.3. The molecule has 15 heavy (non-hydrogen) atoms. The normalized spacial score (nSPS) is 13.1. The maximum Gasteiger partial charge on any atom is 0.0587 e. The van der Waals surface area contributed by atoms with Crippen LogP contribution in [0.25, 0.3) is 0 Å². The molecule has 0 heterocycles. The van der Waals surface area contributed by atoms with Crippen molar-refractivity contribution in [2.24, 2.45) is 5.92 Å². The van der Waals surface area contributed by atoms with E-state index in [4.69, 9.17) is 16.7 Å². The van der Waals surface area contributed by atoms with Gasteiger partial charge in [0.15, 0.2) is 0 Å². The average molecular weight is 228 g/mol. The molecule has 0 aliphatic carbocycles. The Labute approximate surface area is 96.3 Å². The zero-order valence-corrected chi connectivity index (χ0v) is 9.96. The van der Waals surface area contributed by atoms with Crippen molar-refractivity contribution in [2.45, 2.75) is 26.4 Å². The quantitative estimate of drug-likeness (QED) is 0.810. The molecule has 0 aromatic heterocycles. The summed E-state index contributed by atoms with van der Waals surface area (Å²) in [5.74, 6) is 0.433. The Kier molecular flexibility index (Phi) is 5.09. The molecular formula is C12H18ClNO. The summed E-state index contributed by atoms with van der Waals surface area (Å²) in [4.78, 5) is 0. The van der Waals surface area contributed by atoms with Gasteiger partial charge in [-0.1, -0.05) is 37.6 Å². The van der Waals surface area contributed by atoms with Gasteiger partial charge in [-0.15, -0.1) is 0 Å². The monoisotopic (exact) mass is 227 g/mol. The second-order valence-electron chi connectivity index (χ2n) is 4.04. The highest BCUT2D eigenvalue weighted by atomic mass is 35.5. The molecule has 0 saturated carbocycles. The van der Waals surface area contributed by atoms with Gasteiger partial charge in [-0.3, -0.25) is 0 Å². The van der Waals surface area contributed by atoms with Crippen LogP contribution in [0.5, 0.6) is 0 Å². The van der Waals surface area contributed by atoms with E-state index < -0.39 is 0 Å². The molecule has 0 aliphatic rings. The summed E-state index contributed by atoms with van der Waals surface area (Å²) in [6, 6.07) is 7.89. The Morgan fingerprint density at radius 1 is 1.27 bits per heavy atom. The van der Waals surface area contributed by atoms with Crippen LogP contribution >= 0.6 is 11.6 Å². The molecule has 0 spiro atoms. The van der Waals surface area contributed by atoms with Gasteiger partial charge < -0.3 is 10.4 Å². The Morgan fingerprint density at radius 2 is 1.87 bits per heavy atom. The summed E-state index contributed by atoms with van der Waals surface area (Å²) in [7, 11) is 0. The summed E-state index contributed by atoms with van der Waals surface area (Å²) in [5, 5.41) is 13.2. The van der Waals surface area contributed by atoms with Crippen LogP contribution in [0.1, 0.15) is 19.4 Å². The highest BCUT2D eigenvalue weighted by Crippen LogP contribution is 2.10. The molecular weight excluding hydrogens is 210 g/mol. The molecule has 1 aromatic carbocycles. The first-order valence-corrected chi connectivity index (χ1v) is 5.60. The first-order chi connectivity index (χ1) is 7.13. The minimum Gasteiger partial charge on any atom is -0.395 e. The number of benzene rings is 1. The van der Waals surface area contributed by atoms with Crippen molar-refractivity contribution in [3.05, 3.63) is 34.9 Å². The van der Waals surface area contributed by atoms with E-state index in [-0.39, 0.29) is 12.6 Å². The molecule has 0 unspecified atom stereocenters. The van der Waals surface area contributed by atoms with E-state index in [1.807, 2.05) is 24.3 Å². The molecule has 0 amide bonds. The highest BCUT2D eigenvalue weighted by Gasteiger charge is 2.10. The maximum atomic E-state index is 9.13. The van der Waals surface area contributed by atoms with Crippen LogP contribution in [0.15, 0.2) is 24.3 Å². The minimum absolute atomic E-state index is 0.153. The van der Waals surface area contributed by atoms with Gasteiger partial charge >= 0.3 is 0 Å². The van der Waals surface area contributed by atoms with E-state index in [1.54, 1.807) is 0 Å². The molecule has 0 aliphatic heterocycles. The van der Waals surface area contributed by atoms with Crippen LogP contribution in [0.4, 0.5) is 0 Å². The number of hydrogen-bond donors (Lipinski definition) is 2. The molecule has 0 fully saturated rings. The van der Waals surface area contributed by atoms with E-state index in [0.29, 0.717) is 5.92 Å². The minimum atomic E-state index is 0.153. The fraction of sp³-hybridized carbons (Fsp3) is 0.500. The first-order valence-electron chi connectivity index (χ1n) is 5.22. The van der Waals surface area contributed by atoms with E-state index in [2.05, 4.69) is 19.2 Å². The van der Waals surface area contributed by atoms with Crippen molar-refractivity contribution < 1.29 is 5.11 Å². The number of rotatable bonds is 5. The highest BCUT2D eigenvalue weighted by molar-refractivity contribution is 6.30. The Morgan fingerprint density at radius 3 is 2.33 bits per heavy atom. The van der Waals surface area contributed by atoms with Crippen LogP contribution in [0.3, 0.4) is 0 Å². The lowest BCUT2D eigenvalue weighted by Gasteiger charge is -2.19. The summed E-state index contributed by atoms with van der Waals surface area (Å²) >= 11 is 5.79. The van der Waals surface area contributed by atoms with Crippen LogP contribution in [0.2, 0.25) is 5.02 Å². The first kappa shape index (κ1) is 12.5. The standard InChI is InChI=1S/C12H18ClNO/c1-9(2)12(8-15)14-7-10-3-5-11(13)6-4-10/h3-6,9,12,14-15H,7-8H2,1-2H3/t12-/m1/s1. The molecule has 0 saturated heterocycles. The van der Waals surface area contributed by atoms with Crippen molar-refractivity contribution in [1.82, 2.24) is 5.32 Å². The fourth-order valence-electron chi connectivity index (χ4n) is 1.36. The molecule has 2 nitrogen and oxygen atoms in total. The van der Waals surface area contributed by atoms with E-state index in [1.165, 1.54) is 5.56 Å². The summed E-state index contributed by atoms with van der Waals surface area (Å²) in [6.07, 6.45) is 0. The second-order valence-corrected chi connectivity index (χ2v) is 4.48. The van der Waals surface area contributed by atoms with Crippen molar-refractivity contribution in [1.29, 1.82) is 0 Å². The molecule has 1 atom stereocenters. The molecule has 84 valence electrons. The van der Waals surface area contributed by atoms with Crippen molar-refractivity contribution in [3.63, 3.8) is 0 Å². The third-order valence-corrected chi connectivity index (χ3v) is 2.74. The Hall–Kier alpha value is -0.570. The lowest BCUT2D eigenvalue weighted by Crippen LogP contribution is -2.36. The molecule has 1 aromatic rings. The third kappa shape index (κ3) is 4.20. The average Bonchev–Trinajstić information content (AvgIpc) is 2.21. The summed E-state index contributed by atoms with van der Waals surface area (Å²) in [5.41, 5.74) is 1.18. The number of hydrogen-bond acceptors (Lipinski definition) is 2. The third-order valence-electron chi connectivity index (χ3n) is 2.48. The molecule has 0 radical (unpaired) electrons. The van der Waals surface area contributed by atoms with Gasteiger partial charge in [0.1, 0.15) is 0 Å². The van der Waals surface area contributed by atoms with Crippen molar-refractivity contribution in [3.8, 4) is 0 Å². The zero-order valence-electron chi connectivity index (χ0n) is 9.20. The van der Waals surface area contributed by atoms with E-state index in [9.17, 15) is 0 Å². The van der Waals surface area contributed by atoms with Gasteiger partial charge in [-0.05, 0) is 23.6 Å². The van der Waals surface area contributed by atoms with Gasteiger partial charge in [0.2, 0.25) is 0 Å². The summed E-state index contributed by atoms with van der Waals surface area (Å²) in [6.45, 7) is 5.12. The van der Waals surface area contributed by atoms with Gasteiger partial charge in [-0.2, -0.15) is 0 Å². The van der Waals surface area contributed by atoms with E-state index in [0.717, 1.165) is 11.6 Å². The number of nitrogens with one attached hydrogen (secondary N) is 1. The van der Waals surface area contributed by atoms with Gasteiger partial charge in [0, 0.05) is 17.6 Å². The van der Waals surface area contributed by atoms with Crippen LogP contribution in [-0.4, -0.2) is 17.8 Å². The molecule has 0 bridgehead atoms. The van der Waals surface area contributed by atoms with Crippen LogP contribution in [0, 0.1) is 5.92 Å². The van der Waals surface area contributed by atoms with Crippen LogP contribution in [-0.2, 0) is 6.54 Å². The maximum absolute atomic E-state index is 9.13. The van der Waals surface area contributed by atoms with Gasteiger partial charge in [0.05, 0.1) is 6.61 Å². The van der Waals surface area contributed by atoms with Crippen LogP contribution < -0.4 is 5.32 Å². The predicted octanol–water partition coefficient (Wildman–Crippen LogP) is 2.45. The second kappa shape index (κ2) is 6.11. The Bertz CT molecular complexity index is 284. The lowest BCUT2D eigenvalue weighted by atomic mass is 10.1. The molecule has 1 rings (SSSR count). The topological polar surface area (TPSA) is 32.3 Å². The predicted molar refractivity (Wildman–Crippen MR) is 64.0 cm³/mol. The molecule has 2 N–H and O–H groups in total. The Balaban J connectivity index is 2.45. The SMILES string of the molecule is CC(C)[C@@H](CO)NCc1ccc(Cl)cc1. The lowest BCUT2D eigenvalue weighted by molar-refractivity contribution is 0.210. The number of halogens is 1. The molecule has 3 heteroatoms. The summed E-state index contributed by atoms with van der Waals surface area (Å²) < 4.78 is 0. The van der Waals surface area contributed by atoms with Gasteiger partial charge in [-0.25, -0.2) is 0 Å². The van der Waals surface area contributed by atoms with E-state index >= 15 is 0 Å². The smallest absolute Gasteiger partial charge is 0.0587 e. The number of aliphatic hydroxyl groups excluding tert-OH is 1. The fourth-order valence-corrected chi connectivity index (χ4v) is 1.49. The van der Waals surface area contributed by atoms with Gasteiger partial charge in [0.25, 0.3) is 0 Å². The van der Waals surface area contributed by atoms with Crippen molar-refractivity contribution in [2.75, 3.05) is 6.61 Å². The largest absolute Gasteiger partial charge is 0.395 e.